The zero-order valence-electron chi connectivity index (χ0n) is 12.0. The third-order valence-electron chi connectivity index (χ3n) is 3.96. The lowest BCUT2D eigenvalue weighted by molar-refractivity contribution is -0.0447. The molecule has 17 heavy (non-hydrogen) atoms. The van der Waals surface area contributed by atoms with Crippen LogP contribution >= 0.6 is 0 Å². The van der Waals surface area contributed by atoms with Crippen LogP contribution in [0.1, 0.15) is 40.0 Å². The molecule has 3 heteroatoms. The van der Waals surface area contributed by atoms with E-state index < -0.39 is 0 Å². The number of likely N-dealkylation sites (N-methyl/N-ethyl adjacent to an activating group) is 1. The van der Waals surface area contributed by atoms with E-state index in [4.69, 9.17) is 4.74 Å². The SMILES string of the molecule is CCC(C)CC(CC)N1CCOC(CNC)C1. The van der Waals surface area contributed by atoms with E-state index in [-0.39, 0.29) is 0 Å². The predicted octanol–water partition coefficient (Wildman–Crippen LogP) is 2.12. The molecule has 1 N–H and O–H groups in total. The maximum Gasteiger partial charge on any atom is 0.0826 e. The zero-order chi connectivity index (χ0) is 12.7. The first-order chi connectivity index (χ1) is 8.21. The molecule has 0 radical (unpaired) electrons. The number of morpholine rings is 1. The molecular weight excluding hydrogens is 212 g/mol. The van der Waals surface area contributed by atoms with Crippen LogP contribution < -0.4 is 5.32 Å². The molecule has 0 spiro atoms. The maximum absolute atomic E-state index is 5.77. The molecule has 3 unspecified atom stereocenters. The quantitative estimate of drug-likeness (QED) is 0.740. The van der Waals surface area contributed by atoms with Crippen molar-refractivity contribution in [1.82, 2.24) is 10.2 Å². The van der Waals surface area contributed by atoms with Gasteiger partial charge in [0.1, 0.15) is 0 Å². The second kappa shape index (κ2) is 8.06. The van der Waals surface area contributed by atoms with E-state index in [2.05, 4.69) is 31.0 Å². The lowest BCUT2D eigenvalue weighted by Gasteiger charge is -2.39. The van der Waals surface area contributed by atoms with Crippen molar-refractivity contribution in [2.45, 2.75) is 52.2 Å². The molecule has 1 saturated heterocycles. The van der Waals surface area contributed by atoms with Gasteiger partial charge in [-0.3, -0.25) is 4.90 Å². The molecule has 3 atom stereocenters. The maximum atomic E-state index is 5.77. The summed E-state index contributed by atoms with van der Waals surface area (Å²) in [6.45, 7) is 11.0. The van der Waals surface area contributed by atoms with Gasteiger partial charge in [0.05, 0.1) is 12.7 Å². The fourth-order valence-electron chi connectivity index (χ4n) is 2.63. The molecule has 0 bridgehead atoms. The summed E-state index contributed by atoms with van der Waals surface area (Å²) in [4.78, 5) is 2.64. The average molecular weight is 242 g/mol. The van der Waals surface area contributed by atoms with Crippen LogP contribution in [0.4, 0.5) is 0 Å². The Bertz CT molecular complexity index is 197. The standard InChI is InChI=1S/C14H30N2O/c1-5-12(3)9-13(6-2)16-7-8-17-14(11-16)10-15-4/h12-15H,5-11H2,1-4H3. The predicted molar refractivity (Wildman–Crippen MR) is 73.4 cm³/mol. The van der Waals surface area contributed by atoms with Crippen LogP contribution in [0, 0.1) is 5.92 Å². The molecule has 1 aliphatic heterocycles. The largest absolute Gasteiger partial charge is 0.374 e. The van der Waals surface area contributed by atoms with Crippen molar-refractivity contribution < 1.29 is 4.74 Å². The molecule has 0 aromatic heterocycles. The number of nitrogens with one attached hydrogen (secondary N) is 1. The van der Waals surface area contributed by atoms with E-state index in [0.717, 1.165) is 38.2 Å². The fraction of sp³-hybridized carbons (Fsp3) is 1.00. The van der Waals surface area contributed by atoms with Gasteiger partial charge in [-0.25, -0.2) is 0 Å². The molecule has 0 aromatic carbocycles. The summed E-state index contributed by atoms with van der Waals surface area (Å²) in [5.74, 6) is 0.838. The highest BCUT2D eigenvalue weighted by molar-refractivity contribution is 4.79. The Morgan fingerprint density at radius 3 is 2.71 bits per heavy atom. The van der Waals surface area contributed by atoms with E-state index in [1.54, 1.807) is 0 Å². The van der Waals surface area contributed by atoms with Gasteiger partial charge in [-0.15, -0.1) is 0 Å². The molecule has 1 heterocycles. The van der Waals surface area contributed by atoms with Gasteiger partial charge in [0.2, 0.25) is 0 Å². The average Bonchev–Trinajstić information content (AvgIpc) is 2.36. The van der Waals surface area contributed by atoms with Crippen LogP contribution in [0.25, 0.3) is 0 Å². The van der Waals surface area contributed by atoms with Crippen molar-refractivity contribution in [2.75, 3.05) is 33.3 Å². The Balaban J connectivity index is 2.44. The third-order valence-corrected chi connectivity index (χ3v) is 3.96. The van der Waals surface area contributed by atoms with E-state index in [0.29, 0.717) is 6.10 Å². The summed E-state index contributed by atoms with van der Waals surface area (Å²) < 4.78 is 5.77. The van der Waals surface area contributed by atoms with Gasteiger partial charge in [0, 0.05) is 25.7 Å². The summed E-state index contributed by atoms with van der Waals surface area (Å²) >= 11 is 0. The van der Waals surface area contributed by atoms with Gasteiger partial charge < -0.3 is 10.1 Å². The summed E-state index contributed by atoms with van der Waals surface area (Å²) in [7, 11) is 2.00. The van der Waals surface area contributed by atoms with Gasteiger partial charge in [0.25, 0.3) is 0 Å². The molecule has 1 aliphatic rings. The Hall–Kier alpha value is -0.120. The molecule has 3 nitrogen and oxygen atoms in total. The Labute approximate surface area is 107 Å². The smallest absolute Gasteiger partial charge is 0.0826 e. The third kappa shape index (κ3) is 4.94. The number of nitrogens with zero attached hydrogens (tertiary/aromatic N) is 1. The molecule has 0 saturated carbocycles. The van der Waals surface area contributed by atoms with Crippen molar-refractivity contribution in [3.63, 3.8) is 0 Å². The Morgan fingerprint density at radius 1 is 1.35 bits per heavy atom. The second-order valence-electron chi connectivity index (χ2n) is 5.36. The Kier molecular flexibility index (Phi) is 7.09. The van der Waals surface area contributed by atoms with E-state index >= 15 is 0 Å². The second-order valence-corrected chi connectivity index (χ2v) is 5.36. The van der Waals surface area contributed by atoms with Crippen LogP contribution in [0.5, 0.6) is 0 Å². The first-order valence-corrected chi connectivity index (χ1v) is 7.21. The molecule has 0 aliphatic carbocycles. The Morgan fingerprint density at radius 2 is 2.12 bits per heavy atom. The lowest BCUT2D eigenvalue weighted by Crippen LogP contribution is -2.50. The van der Waals surface area contributed by atoms with Gasteiger partial charge in [-0.1, -0.05) is 27.2 Å². The minimum Gasteiger partial charge on any atom is -0.374 e. The van der Waals surface area contributed by atoms with Crippen molar-refractivity contribution in [1.29, 1.82) is 0 Å². The highest BCUT2D eigenvalue weighted by Gasteiger charge is 2.25. The van der Waals surface area contributed by atoms with Gasteiger partial charge >= 0.3 is 0 Å². The van der Waals surface area contributed by atoms with E-state index in [1.165, 1.54) is 19.3 Å². The van der Waals surface area contributed by atoms with Gasteiger partial charge in [-0.05, 0) is 25.8 Å². The zero-order valence-corrected chi connectivity index (χ0v) is 12.0. The number of ether oxygens (including phenoxy) is 1. The number of hydrogen-bond donors (Lipinski definition) is 1. The summed E-state index contributed by atoms with van der Waals surface area (Å²) in [6.07, 6.45) is 4.26. The number of rotatable bonds is 7. The summed E-state index contributed by atoms with van der Waals surface area (Å²) in [5.41, 5.74) is 0. The minimum atomic E-state index is 0.375. The molecule has 0 aromatic rings. The minimum absolute atomic E-state index is 0.375. The molecule has 0 amide bonds. The first kappa shape index (κ1) is 14.9. The van der Waals surface area contributed by atoms with Crippen LogP contribution in [0.2, 0.25) is 0 Å². The lowest BCUT2D eigenvalue weighted by atomic mass is 9.96. The highest BCUT2D eigenvalue weighted by Crippen LogP contribution is 2.19. The van der Waals surface area contributed by atoms with Crippen molar-refractivity contribution in [2.24, 2.45) is 5.92 Å². The van der Waals surface area contributed by atoms with Crippen LogP contribution in [-0.2, 0) is 4.74 Å². The van der Waals surface area contributed by atoms with Crippen LogP contribution in [0.15, 0.2) is 0 Å². The fourth-order valence-corrected chi connectivity index (χ4v) is 2.63. The highest BCUT2D eigenvalue weighted by atomic mass is 16.5. The van der Waals surface area contributed by atoms with Gasteiger partial charge in [0.15, 0.2) is 0 Å². The summed E-state index contributed by atoms with van der Waals surface area (Å²) in [6, 6.07) is 0.744. The normalized spacial score (nSPS) is 25.8. The van der Waals surface area contributed by atoms with Crippen molar-refractivity contribution in [3.05, 3.63) is 0 Å². The van der Waals surface area contributed by atoms with Crippen molar-refractivity contribution in [3.8, 4) is 0 Å². The first-order valence-electron chi connectivity index (χ1n) is 7.21. The van der Waals surface area contributed by atoms with E-state index in [9.17, 15) is 0 Å². The molecular formula is C14H30N2O. The van der Waals surface area contributed by atoms with Gasteiger partial charge in [-0.2, -0.15) is 0 Å². The monoisotopic (exact) mass is 242 g/mol. The van der Waals surface area contributed by atoms with E-state index in [1.807, 2.05) is 7.05 Å². The summed E-state index contributed by atoms with van der Waals surface area (Å²) in [5, 5.41) is 3.22. The molecule has 1 rings (SSSR count). The molecule has 1 fully saturated rings. The topological polar surface area (TPSA) is 24.5 Å². The van der Waals surface area contributed by atoms with Crippen molar-refractivity contribution >= 4 is 0 Å². The molecule has 102 valence electrons. The van der Waals surface area contributed by atoms with Crippen LogP contribution in [0.3, 0.4) is 0 Å². The number of hydrogen-bond acceptors (Lipinski definition) is 3. The van der Waals surface area contributed by atoms with Crippen LogP contribution in [-0.4, -0.2) is 50.3 Å².